The molecule has 0 saturated heterocycles. The molecule has 0 aliphatic carbocycles. The second kappa shape index (κ2) is 4.53. The molecule has 0 bridgehead atoms. The Bertz CT molecular complexity index is 728. The first-order valence-electron chi connectivity index (χ1n) is 5.84. The van der Waals surface area contributed by atoms with E-state index in [4.69, 9.17) is 10.5 Å². The van der Waals surface area contributed by atoms with E-state index in [1.165, 1.54) is 0 Å². The van der Waals surface area contributed by atoms with Gasteiger partial charge in [-0.1, -0.05) is 6.07 Å². The molecule has 0 aliphatic rings. The van der Waals surface area contributed by atoms with Gasteiger partial charge in [-0.2, -0.15) is 0 Å². The number of hydrogen-bond acceptors (Lipinski definition) is 5. The lowest BCUT2D eigenvalue weighted by atomic mass is 10.2. The Morgan fingerprint density at radius 3 is 2.84 bits per heavy atom. The molecule has 0 aromatic carbocycles. The molecule has 5 nitrogen and oxygen atoms in total. The van der Waals surface area contributed by atoms with Crippen LogP contribution in [0.2, 0.25) is 0 Å². The second-order valence-corrected chi connectivity index (χ2v) is 4.17. The standard InChI is InChI=1S/C14H12N4O/c1-9-6-12(15)18-11-7-10(8-17-14(9)11)19-13-4-2-3-5-16-13/h2-8H,1H3,(H2,15,18). The Morgan fingerprint density at radius 1 is 1.16 bits per heavy atom. The van der Waals surface area contributed by atoms with E-state index in [9.17, 15) is 0 Å². The van der Waals surface area contributed by atoms with Crippen LogP contribution in [0, 0.1) is 6.92 Å². The molecule has 0 saturated carbocycles. The molecule has 0 radical (unpaired) electrons. The fourth-order valence-corrected chi connectivity index (χ4v) is 1.87. The van der Waals surface area contributed by atoms with Crippen molar-refractivity contribution < 1.29 is 4.74 Å². The van der Waals surface area contributed by atoms with Gasteiger partial charge in [-0.05, 0) is 24.6 Å². The molecule has 3 heterocycles. The summed E-state index contributed by atoms with van der Waals surface area (Å²) in [4.78, 5) is 12.7. The third-order valence-corrected chi connectivity index (χ3v) is 2.69. The van der Waals surface area contributed by atoms with E-state index < -0.39 is 0 Å². The van der Waals surface area contributed by atoms with Gasteiger partial charge in [0.2, 0.25) is 5.88 Å². The molecular weight excluding hydrogens is 240 g/mol. The highest BCUT2D eigenvalue weighted by Crippen LogP contribution is 2.24. The molecule has 3 aromatic heterocycles. The van der Waals surface area contributed by atoms with Crippen LogP contribution in [-0.4, -0.2) is 15.0 Å². The van der Waals surface area contributed by atoms with Crippen LogP contribution in [0.25, 0.3) is 11.0 Å². The summed E-state index contributed by atoms with van der Waals surface area (Å²) >= 11 is 0. The van der Waals surface area contributed by atoms with Crippen LogP contribution in [0.5, 0.6) is 11.6 Å². The maximum absolute atomic E-state index is 5.74. The molecule has 19 heavy (non-hydrogen) atoms. The normalized spacial score (nSPS) is 10.6. The summed E-state index contributed by atoms with van der Waals surface area (Å²) < 4.78 is 5.61. The molecule has 3 aromatic rings. The summed E-state index contributed by atoms with van der Waals surface area (Å²) in [6.07, 6.45) is 3.33. The van der Waals surface area contributed by atoms with Crippen molar-refractivity contribution in [3.63, 3.8) is 0 Å². The van der Waals surface area contributed by atoms with Crippen molar-refractivity contribution in [3.8, 4) is 11.6 Å². The molecule has 0 spiro atoms. The number of aryl methyl sites for hydroxylation is 1. The lowest BCUT2D eigenvalue weighted by Crippen LogP contribution is -1.95. The molecule has 0 fully saturated rings. The third kappa shape index (κ3) is 2.30. The van der Waals surface area contributed by atoms with Crippen LogP contribution in [0.4, 0.5) is 5.82 Å². The first-order chi connectivity index (χ1) is 9.22. The average Bonchev–Trinajstić information content (AvgIpc) is 2.39. The smallest absolute Gasteiger partial charge is 0.219 e. The largest absolute Gasteiger partial charge is 0.437 e. The van der Waals surface area contributed by atoms with E-state index >= 15 is 0 Å². The van der Waals surface area contributed by atoms with E-state index in [1.807, 2.05) is 19.1 Å². The van der Waals surface area contributed by atoms with Crippen LogP contribution in [-0.2, 0) is 0 Å². The van der Waals surface area contributed by atoms with Gasteiger partial charge in [0.05, 0.1) is 17.2 Å². The minimum absolute atomic E-state index is 0.474. The summed E-state index contributed by atoms with van der Waals surface area (Å²) in [5, 5.41) is 0. The zero-order chi connectivity index (χ0) is 13.2. The molecule has 0 amide bonds. The number of nitrogens with two attached hydrogens (primary N) is 1. The quantitative estimate of drug-likeness (QED) is 0.759. The zero-order valence-corrected chi connectivity index (χ0v) is 10.4. The van der Waals surface area contributed by atoms with Crippen molar-refractivity contribution in [2.24, 2.45) is 0 Å². The number of fused-ring (bicyclic) bond motifs is 1. The third-order valence-electron chi connectivity index (χ3n) is 2.69. The Balaban J connectivity index is 2.02. The van der Waals surface area contributed by atoms with Crippen LogP contribution in [0.1, 0.15) is 5.56 Å². The monoisotopic (exact) mass is 252 g/mol. The molecule has 0 atom stereocenters. The van der Waals surface area contributed by atoms with Crippen LogP contribution in [0.3, 0.4) is 0 Å². The van der Waals surface area contributed by atoms with Crippen molar-refractivity contribution in [1.82, 2.24) is 15.0 Å². The Kier molecular flexibility index (Phi) is 2.72. The summed E-state index contributed by atoms with van der Waals surface area (Å²) in [6, 6.07) is 9.07. The topological polar surface area (TPSA) is 73.9 Å². The first-order valence-corrected chi connectivity index (χ1v) is 5.84. The number of anilines is 1. The van der Waals surface area contributed by atoms with E-state index in [-0.39, 0.29) is 0 Å². The Morgan fingerprint density at radius 2 is 2.05 bits per heavy atom. The minimum atomic E-state index is 0.474. The molecule has 2 N–H and O–H groups in total. The Hall–Kier alpha value is -2.69. The van der Waals surface area contributed by atoms with Crippen molar-refractivity contribution in [3.05, 3.63) is 48.3 Å². The van der Waals surface area contributed by atoms with E-state index in [1.54, 1.807) is 30.6 Å². The fourth-order valence-electron chi connectivity index (χ4n) is 1.87. The van der Waals surface area contributed by atoms with Crippen LogP contribution in [0.15, 0.2) is 42.7 Å². The predicted octanol–water partition coefficient (Wildman–Crippen LogP) is 2.71. The summed E-state index contributed by atoms with van der Waals surface area (Å²) in [5.74, 6) is 1.58. The summed E-state index contributed by atoms with van der Waals surface area (Å²) in [7, 11) is 0. The van der Waals surface area contributed by atoms with Crippen LogP contribution < -0.4 is 10.5 Å². The molecule has 3 rings (SSSR count). The molecule has 0 aliphatic heterocycles. The van der Waals surface area contributed by atoms with Gasteiger partial charge >= 0.3 is 0 Å². The first kappa shape index (κ1) is 11.4. The number of pyridine rings is 3. The molecule has 5 heteroatoms. The number of hydrogen-bond donors (Lipinski definition) is 1. The van der Waals surface area contributed by atoms with E-state index in [2.05, 4.69) is 15.0 Å². The average molecular weight is 252 g/mol. The van der Waals surface area contributed by atoms with Gasteiger partial charge in [0.15, 0.2) is 0 Å². The van der Waals surface area contributed by atoms with Crippen molar-refractivity contribution in [2.75, 3.05) is 5.73 Å². The lowest BCUT2D eigenvalue weighted by Gasteiger charge is -2.06. The van der Waals surface area contributed by atoms with Crippen molar-refractivity contribution >= 4 is 16.9 Å². The highest BCUT2D eigenvalue weighted by atomic mass is 16.5. The number of rotatable bonds is 2. The SMILES string of the molecule is Cc1cc(N)nc2cc(Oc3ccccn3)cnc12. The number of nitrogens with zero attached hydrogens (tertiary/aromatic N) is 3. The minimum Gasteiger partial charge on any atom is -0.437 e. The number of aromatic nitrogens is 3. The fraction of sp³-hybridized carbons (Fsp3) is 0.0714. The molecule has 0 unspecified atom stereocenters. The van der Waals surface area contributed by atoms with Crippen molar-refractivity contribution in [1.29, 1.82) is 0 Å². The highest BCUT2D eigenvalue weighted by molar-refractivity contribution is 5.80. The lowest BCUT2D eigenvalue weighted by molar-refractivity contribution is 0.461. The van der Waals surface area contributed by atoms with Gasteiger partial charge in [-0.3, -0.25) is 4.98 Å². The Labute approximate surface area is 110 Å². The summed E-state index contributed by atoms with van der Waals surface area (Å²) in [6.45, 7) is 1.95. The van der Waals surface area contributed by atoms with E-state index in [0.717, 1.165) is 11.1 Å². The maximum atomic E-state index is 5.74. The summed E-state index contributed by atoms with van der Waals surface area (Å²) in [5.41, 5.74) is 8.26. The molecular formula is C14H12N4O. The molecule has 94 valence electrons. The van der Waals surface area contributed by atoms with Gasteiger partial charge in [0.25, 0.3) is 0 Å². The number of nitrogen functional groups attached to an aromatic ring is 1. The van der Waals surface area contributed by atoms with Crippen LogP contribution >= 0.6 is 0 Å². The van der Waals surface area contributed by atoms with Gasteiger partial charge < -0.3 is 10.5 Å². The van der Waals surface area contributed by atoms with E-state index in [0.29, 0.717) is 23.0 Å². The van der Waals surface area contributed by atoms with Gasteiger partial charge in [0, 0.05) is 18.3 Å². The predicted molar refractivity (Wildman–Crippen MR) is 73.0 cm³/mol. The second-order valence-electron chi connectivity index (χ2n) is 4.17. The van der Waals surface area contributed by atoms with Crippen molar-refractivity contribution in [2.45, 2.75) is 6.92 Å². The van der Waals surface area contributed by atoms with Gasteiger partial charge in [-0.15, -0.1) is 0 Å². The van der Waals surface area contributed by atoms with Gasteiger partial charge in [0.1, 0.15) is 11.6 Å². The highest BCUT2D eigenvalue weighted by Gasteiger charge is 2.05. The zero-order valence-electron chi connectivity index (χ0n) is 10.4. The maximum Gasteiger partial charge on any atom is 0.219 e. The number of ether oxygens (including phenoxy) is 1. The van der Waals surface area contributed by atoms with Gasteiger partial charge in [-0.25, -0.2) is 9.97 Å².